The van der Waals surface area contributed by atoms with Crippen LogP contribution in [0.5, 0.6) is 0 Å². The number of nitrogens with zero attached hydrogens (tertiary/aromatic N) is 4. The van der Waals surface area contributed by atoms with Crippen molar-refractivity contribution in [2.45, 2.75) is 25.9 Å². The molecule has 128 valence electrons. The first-order chi connectivity index (χ1) is 11.5. The highest BCUT2D eigenvalue weighted by molar-refractivity contribution is 5.74. The van der Waals surface area contributed by atoms with Gasteiger partial charge in [0.1, 0.15) is 5.82 Å². The lowest BCUT2D eigenvalue weighted by molar-refractivity contribution is 0.188. The fourth-order valence-electron chi connectivity index (χ4n) is 2.73. The molecular formula is C18H25N5O. The topological polar surface area (TPSA) is 61.4 Å². The van der Waals surface area contributed by atoms with Crippen LogP contribution in [0.25, 0.3) is 0 Å². The minimum absolute atomic E-state index is 0.0233. The van der Waals surface area contributed by atoms with Crippen molar-refractivity contribution in [2.75, 3.05) is 26.0 Å². The Labute approximate surface area is 143 Å². The predicted octanol–water partition coefficient (Wildman–Crippen LogP) is 2.84. The van der Waals surface area contributed by atoms with Gasteiger partial charge in [0.2, 0.25) is 0 Å². The van der Waals surface area contributed by atoms with Gasteiger partial charge in [-0.05, 0) is 30.2 Å². The summed E-state index contributed by atoms with van der Waals surface area (Å²) < 4.78 is 0. The number of nitrogens with one attached hydrogen (secondary N) is 1. The highest BCUT2D eigenvalue weighted by atomic mass is 16.2. The second-order valence-corrected chi connectivity index (χ2v) is 5.85. The van der Waals surface area contributed by atoms with E-state index in [2.05, 4.69) is 22.2 Å². The third kappa shape index (κ3) is 4.22. The van der Waals surface area contributed by atoms with Crippen LogP contribution in [0, 0.1) is 0 Å². The summed E-state index contributed by atoms with van der Waals surface area (Å²) in [5.41, 5.74) is 2.07. The maximum atomic E-state index is 12.5. The van der Waals surface area contributed by atoms with Crippen molar-refractivity contribution >= 4 is 11.8 Å². The summed E-state index contributed by atoms with van der Waals surface area (Å²) in [5.74, 6) is 0.863. The molecule has 0 bridgehead atoms. The average molecular weight is 327 g/mol. The van der Waals surface area contributed by atoms with E-state index in [1.54, 1.807) is 23.5 Å². The first-order valence-electron chi connectivity index (χ1n) is 8.06. The number of pyridine rings is 2. The van der Waals surface area contributed by atoms with Crippen LogP contribution >= 0.6 is 0 Å². The standard InChI is InChI=1S/C18H25N5O/c1-5-16(14-8-11-19-12-9-14)23(4)18(24)21-13-15-7-6-10-20-17(15)22(2)3/h6-12,16H,5,13H2,1-4H3,(H,21,24)/t16-/m1/s1. The fraction of sp³-hybridized carbons (Fsp3) is 0.389. The molecule has 0 aromatic carbocycles. The Bertz CT molecular complexity index is 659. The van der Waals surface area contributed by atoms with E-state index in [4.69, 9.17) is 0 Å². The van der Waals surface area contributed by atoms with Gasteiger partial charge in [-0.1, -0.05) is 13.0 Å². The predicted molar refractivity (Wildman–Crippen MR) is 95.8 cm³/mol. The molecule has 24 heavy (non-hydrogen) atoms. The molecule has 1 atom stereocenters. The summed E-state index contributed by atoms with van der Waals surface area (Å²) in [4.78, 5) is 24.6. The van der Waals surface area contributed by atoms with Crippen molar-refractivity contribution in [3.05, 3.63) is 54.0 Å². The highest BCUT2D eigenvalue weighted by Gasteiger charge is 2.20. The van der Waals surface area contributed by atoms with Crippen LogP contribution in [0.2, 0.25) is 0 Å². The number of anilines is 1. The summed E-state index contributed by atoms with van der Waals surface area (Å²) in [6.07, 6.45) is 6.10. The molecule has 2 amide bonds. The molecule has 6 heteroatoms. The Hall–Kier alpha value is -2.63. The van der Waals surface area contributed by atoms with Gasteiger partial charge in [0.25, 0.3) is 0 Å². The van der Waals surface area contributed by atoms with E-state index in [-0.39, 0.29) is 12.1 Å². The minimum Gasteiger partial charge on any atom is -0.362 e. The van der Waals surface area contributed by atoms with E-state index in [1.165, 1.54) is 0 Å². The molecular weight excluding hydrogens is 302 g/mol. The van der Waals surface area contributed by atoms with Crippen molar-refractivity contribution < 1.29 is 4.79 Å². The van der Waals surface area contributed by atoms with Crippen LogP contribution in [0.15, 0.2) is 42.9 Å². The van der Waals surface area contributed by atoms with Crippen molar-refractivity contribution in [1.29, 1.82) is 0 Å². The average Bonchev–Trinajstić information content (AvgIpc) is 2.61. The Morgan fingerprint density at radius 3 is 2.50 bits per heavy atom. The van der Waals surface area contributed by atoms with Crippen LogP contribution in [0.1, 0.15) is 30.5 Å². The summed E-state index contributed by atoms with van der Waals surface area (Å²) in [6, 6.07) is 7.67. The number of hydrogen-bond donors (Lipinski definition) is 1. The SMILES string of the molecule is CC[C@H](c1ccncc1)N(C)C(=O)NCc1cccnc1N(C)C. The van der Waals surface area contributed by atoms with Gasteiger partial charge in [-0.3, -0.25) is 4.98 Å². The van der Waals surface area contributed by atoms with E-state index in [0.717, 1.165) is 23.4 Å². The van der Waals surface area contributed by atoms with E-state index in [0.29, 0.717) is 6.54 Å². The van der Waals surface area contributed by atoms with Crippen LogP contribution in [-0.2, 0) is 6.54 Å². The van der Waals surface area contributed by atoms with Gasteiger partial charge in [-0.15, -0.1) is 0 Å². The van der Waals surface area contributed by atoms with Crippen molar-refractivity contribution in [1.82, 2.24) is 20.2 Å². The van der Waals surface area contributed by atoms with Crippen molar-refractivity contribution in [3.8, 4) is 0 Å². The highest BCUT2D eigenvalue weighted by Crippen LogP contribution is 2.22. The Balaban J connectivity index is 2.04. The molecule has 0 saturated heterocycles. The largest absolute Gasteiger partial charge is 0.362 e. The molecule has 0 aliphatic heterocycles. The zero-order chi connectivity index (χ0) is 17.5. The maximum absolute atomic E-state index is 12.5. The third-order valence-electron chi connectivity index (χ3n) is 3.99. The number of urea groups is 1. The fourth-order valence-corrected chi connectivity index (χ4v) is 2.73. The van der Waals surface area contributed by atoms with E-state index in [9.17, 15) is 4.79 Å². The number of aromatic nitrogens is 2. The van der Waals surface area contributed by atoms with Gasteiger partial charge in [0, 0.05) is 51.8 Å². The number of amides is 2. The molecule has 0 radical (unpaired) electrons. The van der Waals surface area contributed by atoms with Gasteiger partial charge in [-0.25, -0.2) is 9.78 Å². The first kappa shape index (κ1) is 17.7. The van der Waals surface area contributed by atoms with E-state index in [1.807, 2.05) is 50.3 Å². The number of carbonyl (C=O) groups excluding carboxylic acids is 1. The molecule has 0 spiro atoms. The van der Waals surface area contributed by atoms with Crippen LogP contribution in [0.3, 0.4) is 0 Å². The zero-order valence-electron chi connectivity index (χ0n) is 14.7. The van der Waals surface area contributed by atoms with Crippen molar-refractivity contribution in [2.24, 2.45) is 0 Å². The molecule has 2 heterocycles. The molecule has 2 aromatic rings. The Morgan fingerprint density at radius 1 is 1.17 bits per heavy atom. The lowest BCUT2D eigenvalue weighted by Crippen LogP contribution is -2.39. The maximum Gasteiger partial charge on any atom is 0.317 e. The monoisotopic (exact) mass is 327 g/mol. The van der Waals surface area contributed by atoms with E-state index < -0.39 is 0 Å². The van der Waals surface area contributed by atoms with Crippen LogP contribution in [-0.4, -0.2) is 42.0 Å². The molecule has 2 rings (SSSR count). The quantitative estimate of drug-likeness (QED) is 0.886. The molecule has 1 N–H and O–H groups in total. The van der Waals surface area contributed by atoms with Crippen LogP contribution < -0.4 is 10.2 Å². The Morgan fingerprint density at radius 2 is 1.88 bits per heavy atom. The lowest BCUT2D eigenvalue weighted by Gasteiger charge is -2.28. The molecule has 2 aromatic heterocycles. The summed E-state index contributed by atoms with van der Waals surface area (Å²) in [7, 11) is 5.70. The Kier molecular flexibility index (Phi) is 6.12. The molecule has 6 nitrogen and oxygen atoms in total. The second-order valence-electron chi connectivity index (χ2n) is 5.85. The lowest BCUT2D eigenvalue weighted by atomic mass is 10.1. The van der Waals surface area contributed by atoms with E-state index >= 15 is 0 Å². The van der Waals surface area contributed by atoms with Gasteiger partial charge in [0.15, 0.2) is 0 Å². The molecule has 0 saturated carbocycles. The molecule has 0 unspecified atom stereocenters. The van der Waals surface area contributed by atoms with Crippen molar-refractivity contribution in [3.63, 3.8) is 0 Å². The summed E-state index contributed by atoms with van der Waals surface area (Å²) in [6.45, 7) is 2.51. The summed E-state index contributed by atoms with van der Waals surface area (Å²) in [5, 5.41) is 2.98. The number of hydrogen-bond acceptors (Lipinski definition) is 4. The minimum atomic E-state index is -0.104. The third-order valence-corrected chi connectivity index (χ3v) is 3.99. The molecule has 0 fully saturated rings. The number of carbonyl (C=O) groups is 1. The first-order valence-corrected chi connectivity index (χ1v) is 8.06. The molecule has 0 aliphatic rings. The van der Waals surface area contributed by atoms with Crippen LogP contribution in [0.4, 0.5) is 10.6 Å². The van der Waals surface area contributed by atoms with Gasteiger partial charge < -0.3 is 15.1 Å². The molecule has 0 aliphatic carbocycles. The van der Waals surface area contributed by atoms with Gasteiger partial charge >= 0.3 is 6.03 Å². The smallest absolute Gasteiger partial charge is 0.317 e. The summed E-state index contributed by atoms with van der Waals surface area (Å²) >= 11 is 0. The van der Waals surface area contributed by atoms with Gasteiger partial charge in [0.05, 0.1) is 6.04 Å². The number of rotatable bonds is 6. The second kappa shape index (κ2) is 8.29. The van der Waals surface area contributed by atoms with Gasteiger partial charge in [-0.2, -0.15) is 0 Å². The zero-order valence-corrected chi connectivity index (χ0v) is 14.7. The normalized spacial score (nSPS) is 11.7.